The first-order chi connectivity index (χ1) is 8.76. The molecular formula is C14H8FN3. The zero-order valence-electron chi connectivity index (χ0n) is 9.31. The van der Waals surface area contributed by atoms with Crippen molar-refractivity contribution in [3.05, 3.63) is 53.8 Å². The molecule has 1 N–H and O–H groups in total. The molecule has 0 bridgehead atoms. The zero-order chi connectivity index (χ0) is 12.5. The van der Waals surface area contributed by atoms with Crippen LogP contribution in [0, 0.1) is 17.1 Å². The number of halogens is 1. The Kier molecular flexibility index (Phi) is 2.31. The molecule has 0 fully saturated rings. The van der Waals surface area contributed by atoms with E-state index >= 15 is 0 Å². The van der Waals surface area contributed by atoms with Crippen molar-refractivity contribution in [1.29, 1.82) is 5.26 Å². The molecule has 0 aliphatic heterocycles. The van der Waals surface area contributed by atoms with E-state index in [4.69, 9.17) is 5.26 Å². The minimum absolute atomic E-state index is 0.302. The second-order valence-corrected chi connectivity index (χ2v) is 3.94. The molecule has 0 atom stereocenters. The van der Waals surface area contributed by atoms with Gasteiger partial charge in [-0.25, -0.2) is 9.37 Å². The number of nitrogens with one attached hydrogen (secondary N) is 1. The van der Waals surface area contributed by atoms with Crippen molar-refractivity contribution in [3.8, 4) is 17.5 Å². The summed E-state index contributed by atoms with van der Waals surface area (Å²) >= 11 is 0. The molecular weight excluding hydrogens is 229 g/mol. The summed E-state index contributed by atoms with van der Waals surface area (Å²) in [6.45, 7) is 0. The number of hydrogen-bond acceptors (Lipinski definition) is 2. The fourth-order valence-corrected chi connectivity index (χ4v) is 1.85. The molecule has 0 aliphatic rings. The predicted molar refractivity (Wildman–Crippen MR) is 66.2 cm³/mol. The first-order valence-electron chi connectivity index (χ1n) is 5.42. The lowest BCUT2D eigenvalue weighted by molar-refractivity contribution is 0.629. The second-order valence-electron chi connectivity index (χ2n) is 3.94. The van der Waals surface area contributed by atoms with E-state index in [1.165, 1.54) is 12.1 Å². The predicted octanol–water partition coefficient (Wildman–Crippen LogP) is 3.24. The number of nitriles is 1. The van der Waals surface area contributed by atoms with E-state index in [1.807, 2.05) is 6.07 Å². The summed E-state index contributed by atoms with van der Waals surface area (Å²) in [4.78, 5) is 7.41. The Hall–Kier alpha value is -2.67. The van der Waals surface area contributed by atoms with Crippen molar-refractivity contribution >= 4 is 11.0 Å². The van der Waals surface area contributed by atoms with Crippen LogP contribution in [0.4, 0.5) is 4.39 Å². The molecule has 1 aromatic heterocycles. The first-order valence-corrected chi connectivity index (χ1v) is 5.42. The molecule has 0 aliphatic carbocycles. The van der Waals surface area contributed by atoms with E-state index in [0.717, 1.165) is 5.56 Å². The van der Waals surface area contributed by atoms with Crippen LogP contribution >= 0.6 is 0 Å². The summed E-state index contributed by atoms with van der Waals surface area (Å²) in [5.41, 5.74) is 2.73. The van der Waals surface area contributed by atoms with Gasteiger partial charge < -0.3 is 4.98 Å². The monoisotopic (exact) mass is 237 g/mol. The smallest absolute Gasteiger partial charge is 0.138 e. The molecule has 0 radical (unpaired) electrons. The molecule has 18 heavy (non-hydrogen) atoms. The van der Waals surface area contributed by atoms with Crippen LogP contribution < -0.4 is 0 Å². The third-order valence-electron chi connectivity index (χ3n) is 2.71. The molecule has 4 heteroatoms. The van der Waals surface area contributed by atoms with Gasteiger partial charge in [-0.2, -0.15) is 5.26 Å². The van der Waals surface area contributed by atoms with Crippen molar-refractivity contribution in [2.75, 3.05) is 0 Å². The Labute approximate surface area is 103 Å². The van der Waals surface area contributed by atoms with Crippen LogP contribution in [-0.4, -0.2) is 9.97 Å². The highest BCUT2D eigenvalue weighted by molar-refractivity contribution is 5.79. The molecule has 3 aromatic rings. The van der Waals surface area contributed by atoms with Crippen molar-refractivity contribution < 1.29 is 4.39 Å². The quantitative estimate of drug-likeness (QED) is 0.706. The highest BCUT2D eigenvalue weighted by Gasteiger charge is 2.06. The average molecular weight is 237 g/mol. The van der Waals surface area contributed by atoms with Gasteiger partial charge in [-0.15, -0.1) is 0 Å². The van der Waals surface area contributed by atoms with Crippen molar-refractivity contribution in [3.63, 3.8) is 0 Å². The lowest BCUT2D eigenvalue weighted by atomic mass is 10.1. The van der Waals surface area contributed by atoms with Crippen LogP contribution in [-0.2, 0) is 0 Å². The van der Waals surface area contributed by atoms with Crippen molar-refractivity contribution in [2.45, 2.75) is 0 Å². The summed E-state index contributed by atoms with van der Waals surface area (Å²) in [6, 6.07) is 13.6. The Morgan fingerprint density at radius 3 is 2.89 bits per heavy atom. The fraction of sp³-hybridized carbons (Fsp3) is 0. The summed E-state index contributed by atoms with van der Waals surface area (Å²) in [5, 5.41) is 8.85. The van der Waals surface area contributed by atoms with Crippen molar-refractivity contribution in [1.82, 2.24) is 9.97 Å². The van der Waals surface area contributed by atoms with Gasteiger partial charge in [-0.3, -0.25) is 0 Å². The van der Waals surface area contributed by atoms with Crippen LogP contribution in [0.15, 0.2) is 42.5 Å². The van der Waals surface area contributed by atoms with Gasteiger partial charge in [0.2, 0.25) is 0 Å². The van der Waals surface area contributed by atoms with E-state index < -0.39 is 0 Å². The molecule has 3 rings (SSSR count). The standard InChI is InChI=1S/C14H8FN3/c15-11-4-5-12-13(7-11)18-14(17-12)10-3-1-2-9(6-10)8-16/h1-7H,(H,17,18). The van der Waals surface area contributed by atoms with E-state index in [1.54, 1.807) is 24.3 Å². The van der Waals surface area contributed by atoms with Gasteiger partial charge in [0.15, 0.2) is 0 Å². The highest BCUT2D eigenvalue weighted by Crippen LogP contribution is 2.21. The van der Waals surface area contributed by atoms with Gasteiger partial charge in [0.1, 0.15) is 11.6 Å². The lowest BCUT2D eigenvalue weighted by Gasteiger charge is -1.96. The number of aromatic nitrogens is 2. The molecule has 86 valence electrons. The van der Waals surface area contributed by atoms with Crippen LogP contribution in [0.25, 0.3) is 22.4 Å². The summed E-state index contributed by atoms with van der Waals surface area (Å²) in [7, 11) is 0. The third kappa shape index (κ3) is 1.72. The van der Waals surface area contributed by atoms with Gasteiger partial charge >= 0.3 is 0 Å². The molecule has 0 saturated carbocycles. The normalized spacial score (nSPS) is 10.4. The molecule has 0 amide bonds. The average Bonchev–Trinajstić information content (AvgIpc) is 2.81. The molecule has 0 saturated heterocycles. The number of benzene rings is 2. The lowest BCUT2D eigenvalue weighted by Crippen LogP contribution is -1.81. The van der Waals surface area contributed by atoms with Crippen LogP contribution in [0.2, 0.25) is 0 Å². The van der Waals surface area contributed by atoms with Crippen LogP contribution in [0.1, 0.15) is 5.56 Å². The Morgan fingerprint density at radius 2 is 2.06 bits per heavy atom. The zero-order valence-corrected chi connectivity index (χ0v) is 9.31. The summed E-state index contributed by atoms with van der Waals surface area (Å²) in [6.07, 6.45) is 0. The first kappa shape index (κ1) is 10.5. The molecule has 0 spiro atoms. The maximum Gasteiger partial charge on any atom is 0.138 e. The fourth-order valence-electron chi connectivity index (χ4n) is 1.85. The van der Waals surface area contributed by atoms with E-state index in [2.05, 4.69) is 16.0 Å². The minimum Gasteiger partial charge on any atom is -0.338 e. The number of H-pyrrole nitrogens is 1. The molecule has 2 aromatic carbocycles. The van der Waals surface area contributed by atoms with Crippen molar-refractivity contribution in [2.24, 2.45) is 0 Å². The van der Waals surface area contributed by atoms with Crippen LogP contribution in [0.5, 0.6) is 0 Å². The number of aromatic amines is 1. The number of nitrogens with zero attached hydrogens (tertiary/aromatic N) is 2. The topological polar surface area (TPSA) is 52.5 Å². The van der Waals surface area contributed by atoms with Gasteiger partial charge in [0.05, 0.1) is 22.7 Å². The van der Waals surface area contributed by atoms with E-state index in [0.29, 0.717) is 22.4 Å². The Morgan fingerprint density at radius 1 is 1.17 bits per heavy atom. The Balaban J connectivity index is 2.16. The minimum atomic E-state index is -0.302. The summed E-state index contributed by atoms with van der Waals surface area (Å²) < 4.78 is 13.1. The number of hydrogen-bond donors (Lipinski definition) is 1. The SMILES string of the molecule is N#Cc1cccc(-c2nc3ccc(F)cc3[nH]2)c1. The van der Waals surface area contributed by atoms with E-state index in [-0.39, 0.29) is 5.82 Å². The number of fused-ring (bicyclic) bond motifs is 1. The Bertz CT molecular complexity index is 768. The highest BCUT2D eigenvalue weighted by atomic mass is 19.1. The molecule has 3 nitrogen and oxygen atoms in total. The molecule has 0 unspecified atom stereocenters. The second kappa shape index (κ2) is 3.97. The van der Waals surface area contributed by atoms with Gasteiger partial charge in [-0.05, 0) is 30.3 Å². The van der Waals surface area contributed by atoms with Gasteiger partial charge in [0, 0.05) is 5.56 Å². The maximum atomic E-state index is 13.1. The van der Waals surface area contributed by atoms with E-state index in [9.17, 15) is 4.39 Å². The van der Waals surface area contributed by atoms with Gasteiger partial charge in [-0.1, -0.05) is 12.1 Å². The summed E-state index contributed by atoms with van der Waals surface area (Å²) in [5.74, 6) is 0.330. The van der Waals surface area contributed by atoms with Crippen LogP contribution in [0.3, 0.4) is 0 Å². The maximum absolute atomic E-state index is 13.1. The third-order valence-corrected chi connectivity index (χ3v) is 2.71. The number of rotatable bonds is 1. The number of imidazole rings is 1. The van der Waals surface area contributed by atoms with Gasteiger partial charge in [0.25, 0.3) is 0 Å². The largest absolute Gasteiger partial charge is 0.338 e. The molecule has 1 heterocycles.